The second-order valence-corrected chi connectivity index (χ2v) is 12.0. The van der Waals surface area contributed by atoms with Gasteiger partial charge in [0.25, 0.3) is 5.56 Å². The Labute approximate surface area is 236 Å². The number of pyridine rings is 1. The summed E-state index contributed by atoms with van der Waals surface area (Å²) >= 11 is 1.35. The Balaban J connectivity index is 1.53. The molecule has 1 amide bonds. The molecule has 5 rings (SSSR count). The molecule has 40 heavy (non-hydrogen) atoms. The minimum absolute atomic E-state index is 0.00477. The number of fused-ring (bicyclic) bond motifs is 1. The molecule has 3 heterocycles. The number of hydrogen-bond donors (Lipinski definition) is 1. The normalized spacial score (nSPS) is 14.4. The molecule has 0 radical (unpaired) electrons. The molecule has 0 atom stereocenters. The highest BCUT2D eigenvalue weighted by atomic mass is 32.1. The molecule has 1 aliphatic rings. The number of carbonyl (C=O) groups is 2. The first-order valence-corrected chi connectivity index (χ1v) is 14.1. The van der Waals surface area contributed by atoms with E-state index in [0.717, 1.165) is 0 Å². The lowest BCUT2D eigenvalue weighted by molar-refractivity contribution is 0.0210. The van der Waals surface area contributed by atoms with E-state index in [2.05, 4.69) is 5.32 Å². The van der Waals surface area contributed by atoms with E-state index < -0.39 is 5.60 Å². The third-order valence-corrected chi connectivity index (χ3v) is 8.01. The van der Waals surface area contributed by atoms with Gasteiger partial charge < -0.3 is 15.0 Å². The number of ketones is 1. The maximum Gasteiger partial charge on any atom is 0.410 e. The number of nitrogens with zero attached hydrogens (tertiary/aromatic N) is 2. The minimum Gasteiger partial charge on any atom is -0.444 e. The lowest BCUT2D eigenvalue weighted by Gasteiger charge is -2.34. The van der Waals surface area contributed by atoms with Crippen molar-refractivity contribution in [1.29, 1.82) is 0 Å². The smallest absolute Gasteiger partial charge is 0.410 e. The average Bonchev–Trinajstić information content (AvgIpc) is 3.27. The van der Waals surface area contributed by atoms with Crippen LogP contribution in [0.15, 0.2) is 65.5 Å². The zero-order valence-corrected chi connectivity index (χ0v) is 23.8. The number of ether oxygens (including phenoxy) is 1. The molecule has 1 aliphatic heterocycles. The van der Waals surface area contributed by atoms with Crippen LogP contribution in [0.4, 0.5) is 14.2 Å². The van der Waals surface area contributed by atoms with Crippen LogP contribution >= 0.6 is 11.3 Å². The third-order valence-electron chi connectivity index (χ3n) is 6.89. The van der Waals surface area contributed by atoms with E-state index in [-0.39, 0.29) is 29.3 Å². The Hall–Kier alpha value is -3.98. The van der Waals surface area contributed by atoms with Crippen LogP contribution in [0.3, 0.4) is 0 Å². The van der Waals surface area contributed by atoms with Crippen LogP contribution in [0.5, 0.6) is 0 Å². The summed E-state index contributed by atoms with van der Waals surface area (Å²) in [5.74, 6) is -0.624. The van der Waals surface area contributed by atoms with E-state index in [1.807, 2.05) is 51.1 Å². The van der Waals surface area contributed by atoms with Gasteiger partial charge >= 0.3 is 6.09 Å². The number of halogens is 1. The number of amides is 1. The first-order valence-electron chi connectivity index (χ1n) is 13.3. The number of aryl methyl sites for hydroxylation is 1. The monoisotopic (exact) mass is 561 g/mol. The number of anilines is 1. The molecule has 0 spiro atoms. The van der Waals surface area contributed by atoms with Crippen LogP contribution in [-0.4, -0.2) is 46.1 Å². The van der Waals surface area contributed by atoms with E-state index >= 15 is 0 Å². The second kappa shape index (κ2) is 10.9. The van der Waals surface area contributed by atoms with Crippen molar-refractivity contribution in [3.63, 3.8) is 0 Å². The molecule has 0 aliphatic carbocycles. The Bertz CT molecular complexity index is 1630. The number of thiophene rings is 1. The number of para-hydroxylation sites is 1. The standard InChI is InChI=1S/C31H32FN3O4S/c1-19-18-20(10-12-24(19)32)27(37)26-23-11-13-25(36)35(22-8-6-5-7-9-22)29(23)40-28(26)33-21-14-16-34(17-15-21)30(38)39-31(2,3)4/h5-13,18,21,33H,14-17H2,1-4H3. The van der Waals surface area contributed by atoms with Gasteiger partial charge in [-0.05, 0) is 82.5 Å². The average molecular weight is 562 g/mol. The van der Waals surface area contributed by atoms with Crippen LogP contribution in [0.2, 0.25) is 0 Å². The van der Waals surface area contributed by atoms with E-state index in [4.69, 9.17) is 4.74 Å². The van der Waals surface area contributed by atoms with Gasteiger partial charge in [-0.1, -0.05) is 29.5 Å². The fourth-order valence-corrected chi connectivity index (χ4v) is 6.17. The van der Waals surface area contributed by atoms with Crippen molar-refractivity contribution in [3.8, 4) is 5.69 Å². The highest BCUT2D eigenvalue weighted by Crippen LogP contribution is 2.39. The third kappa shape index (κ3) is 5.65. The summed E-state index contributed by atoms with van der Waals surface area (Å²) in [5.41, 5.74) is 1.15. The molecule has 9 heteroatoms. The Kier molecular flexibility index (Phi) is 7.51. The topological polar surface area (TPSA) is 80.6 Å². The summed E-state index contributed by atoms with van der Waals surface area (Å²) in [6.07, 6.45) is 1.01. The second-order valence-electron chi connectivity index (χ2n) is 11.0. The summed E-state index contributed by atoms with van der Waals surface area (Å²) in [4.78, 5) is 41.9. The summed E-state index contributed by atoms with van der Waals surface area (Å²) in [7, 11) is 0. The number of benzene rings is 2. The quantitative estimate of drug-likeness (QED) is 0.280. The first-order chi connectivity index (χ1) is 19.0. The number of hydrogen-bond acceptors (Lipinski definition) is 6. The van der Waals surface area contributed by atoms with E-state index in [1.54, 1.807) is 28.5 Å². The molecule has 1 fully saturated rings. The molecule has 1 N–H and O–H groups in total. The largest absolute Gasteiger partial charge is 0.444 e. The number of rotatable bonds is 5. The molecule has 0 saturated carbocycles. The van der Waals surface area contributed by atoms with Crippen molar-refractivity contribution in [2.24, 2.45) is 0 Å². The van der Waals surface area contributed by atoms with Gasteiger partial charge in [0, 0.05) is 36.1 Å². The maximum absolute atomic E-state index is 14.0. The van der Waals surface area contributed by atoms with Crippen molar-refractivity contribution < 1.29 is 18.7 Å². The van der Waals surface area contributed by atoms with Gasteiger partial charge in [-0.2, -0.15) is 0 Å². The van der Waals surface area contributed by atoms with Crippen LogP contribution < -0.4 is 10.9 Å². The van der Waals surface area contributed by atoms with Gasteiger partial charge in [0.05, 0.1) is 11.3 Å². The van der Waals surface area contributed by atoms with Crippen LogP contribution in [0.1, 0.15) is 55.1 Å². The van der Waals surface area contributed by atoms with Gasteiger partial charge in [0.1, 0.15) is 21.2 Å². The molecule has 2 aromatic carbocycles. The lowest BCUT2D eigenvalue weighted by Crippen LogP contribution is -2.44. The molecule has 2 aromatic heterocycles. The Morgan fingerprint density at radius 2 is 1.73 bits per heavy atom. The molecular weight excluding hydrogens is 529 g/mol. The van der Waals surface area contributed by atoms with Crippen molar-refractivity contribution in [2.75, 3.05) is 18.4 Å². The minimum atomic E-state index is -0.564. The Morgan fingerprint density at radius 1 is 1.02 bits per heavy atom. The maximum atomic E-state index is 14.0. The predicted octanol–water partition coefficient (Wildman–Crippen LogP) is 6.54. The zero-order chi connectivity index (χ0) is 28.6. The van der Waals surface area contributed by atoms with Crippen LogP contribution in [-0.2, 0) is 4.74 Å². The fraction of sp³-hybridized carbons (Fsp3) is 0.323. The molecule has 0 unspecified atom stereocenters. The van der Waals surface area contributed by atoms with Gasteiger partial charge in [-0.25, -0.2) is 9.18 Å². The number of likely N-dealkylation sites (tertiary alicyclic amines) is 1. The predicted molar refractivity (Wildman–Crippen MR) is 156 cm³/mol. The van der Waals surface area contributed by atoms with Crippen molar-refractivity contribution >= 4 is 38.4 Å². The number of piperidine rings is 1. The van der Waals surface area contributed by atoms with Crippen molar-refractivity contribution in [1.82, 2.24) is 9.47 Å². The summed E-state index contributed by atoms with van der Waals surface area (Å²) in [6, 6.07) is 16.8. The van der Waals surface area contributed by atoms with E-state index in [0.29, 0.717) is 63.5 Å². The number of nitrogens with one attached hydrogen (secondary N) is 1. The molecular formula is C31H32FN3O4S. The summed E-state index contributed by atoms with van der Waals surface area (Å²) < 4.78 is 21.1. The van der Waals surface area contributed by atoms with E-state index in [9.17, 15) is 18.8 Å². The molecule has 1 saturated heterocycles. The SMILES string of the molecule is Cc1cc(C(=O)c2c(NC3CCN(C(=O)OC(C)(C)C)CC3)sc3c2ccc(=O)n3-c2ccccc2)ccc1F. The first kappa shape index (κ1) is 27.6. The van der Waals surface area contributed by atoms with Gasteiger partial charge in [0.2, 0.25) is 0 Å². The molecule has 0 bridgehead atoms. The van der Waals surface area contributed by atoms with Crippen LogP contribution in [0, 0.1) is 12.7 Å². The van der Waals surface area contributed by atoms with Crippen molar-refractivity contribution in [3.05, 3.63) is 93.5 Å². The Morgan fingerprint density at radius 3 is 2.38 bits per heavy atom. The molecule has 208 valence electrons. The van der Waals surface area contributed by atoms with E-state index in [1.165, 1.54) is 29.5 Å². The molecule has 7 nitrogen and oxygen atoms in total. The fourth-order valence-electron chi connectivity index (χ4n) is 4.88. The van der Waals surface area contributed by atoms with Crippen molar-refractivity contribution in [2.45, 2.75) is 52.2 Å². The molecule has 4 aromatic rings. The zero-order valence-electron chi connectivity index (χ0n) is 23.0. The van der Waals surface area contributed by atoms with Gasteiger partial charge in [-0.3, -0.25) is 14.2 Å². The summed E-state index contributed by atoms with van der Waals surface area (Å²) in [5, 5.41) is 4.84. The van der Waals surface area contributed by atoms with Gasteiger partial charge in [0.15, 0.2) is 5.78 Å². The van der Waals surface area contributed by atoms with Gasteiger partial charge in [-0.15, -0.1) is 0 Å². The summed E-state index contributed by atoms with van der Waals surface area (Å²) in [6.45, 7) is 8.20. The lowest BCUT2D eigenvalue weighted by atomic mass is 9.99. The highest BCUT2D eigenvalue weighted by Gasteiger charge is 2.29. The highest BCUT2D eigenvalue weighted by molar-refractivity contribution is 7.23. The van der Waals surface area contributed by atoms with Crippen LogP contribution in [0.25, 0.3) is 15.9 Å². The number of carbonyl (C=O) groups excluding carboxylic acids is 2. The number of aromatic nitrogens is 1.